The highest BCUT2D eigenvalue weighted by molar-refractivity contribution is 9.10. The van der Waals surface area contributed by atoms with Gasteiger partial charge in [0.1, 0.15) is 0 Å². The highest BCUT2D eigenvalue weighted by atomic mass is 79.9. The number of amides is 1. The Balaban J connectivity index is 1.75. The Morgan fingerprint density at radius 1 is 1.21 bits per heavy atom. The molecule has 0 saturated carbocycles. The third-order valence-corrected chi connectivity index (χ3v) is 5.70. The number of thioether (sulfide) groups is 1. The summed E-state index contributed by atoms with van der Waals surface area (Å²) in [5, 5.41) is 12.9. The van der Waals surface area contributed by atoms with Gasteiger partial charge < -0.3 is 5.32 Å². The zero-order valence-corrected chi connectivity index (χ0v) is 18.4. The van der Waals surface area contributed by atoms with E-state index in [0.717, 1.165) is 10.2 Å². The molecule has 0 fully saturated rings. The van der Waals surface area contributed by atoms with E-state index in [1.54, 1.807) is 24.3 Å². The summed E-state index contributed by atoms with van der Waals surface area (Å²) in [6, 6.07) is 12.6. The van der Waals surface area contributed by atoms with Gasteiger partial charge in [-0.25, -0.2) is 0 Å². The average molecular weight is 498 g/mol. The fraction of sp³-hybridized carbons (Fsp3) is 0.105. The molecular formula is C19H15BrCl2N4OS. The minimum absolute atomic E-state index is 0.133. The van der Waals surface area contributed by atoms with Gasteiger partial charge in [0.05, 0.1) is 10.8 Å². The first-order valence-electron chi connectivity index (χ1n) is 8.15. The minimum Gasteiger partial charge on any atom is -0.325 e. The van der Waals surface area contributed by atoms with E-state index in [9.17, 15) is 4.79 Å². The van der Waals surface area contributed by atoms with E-state index in [1.165, 1.54) is 11.8 Å². The van der Waals surface area contributed by atoms with Crippen LogP contribution in [0.25, 0.3) is 11.4 Å². The molecule has 1 aromatic heterocycles. The SMILES string of the molecule is C=CCn1c(SCC(=O)Nc2ccc(Br)cc2)nnc1-c1ccc(Cl)cc1Cl. The van der Waals surface area contributed by atoms with E-state index in [0.29, 0.717) is 33.1 Å². The maximum atomic E-state index is 12.3. The Morgan fingerprint density at radius 2 is 1.96 bits per heavy atom. The molecule has 1 amide bonds. The number of aromatic nitrogens is 3. The van der Waals surface area contributed by atoms with Crippen molar-refractivity contribution in [3.05, 3.63) is 69.6 Å². The van der Waals surface area contributed by atoms with Crippen LogP contribution in [-0.2, 0) is 11.3 Å². The van der Waals surface area contributed by atoms with Gasteiger partial charge in [-0.1, -0.05) is 57.0 Å². The topological polar surface area (TPSA) is 59.8 Å². The van der Waals surface area contributed by atoms with Crippen LogP contribution in [0, 0.1) is 0 Å². The van der Waals surface area contributed by atoms with Crippen LogP contribution < -0.4 is 5.32 Å². The van der Waals surface area contributed by atoms with Gasteiger partial charge in [-0.2, -0.15) is 0 Å². The van der Waals surface area contributed by atoms with Gasteiger partial charge in [-0.15, -0.1) is 16.8 Å². The molecule has 0 bridgehead atoms. The van der Waals surface area contributed by atoms with Crippen molar-refractivity contribution in [1.29, 1.82) is 0 Å². The minimum atomic E-state index is -0.133. The van der Waals surface area contributed by atoms with Crippen LogP contribution >= 0.6 is 50.9 Å². The van der Waals surface area contributed by atoms with Crippen LogP contribution in [-0.4, -0.2) is 26.4 Å². The first kappa shape index (κ1) is 20.9. The highest BCUT2D eigenvalue weighted by Gasteiger charge is 2.17. The maximum Gasteiger partial charge on any atom is 0.234 e. The summed E-state index contributed by atoms with van der Waals surface area (Å²) in [6.07, 6.45) is 1.74. The molecule has 0 spiro atoms. The predicted octanol–water partition coefficient (Wildman–Crippen LogP) is 5.93. The molecule has 0 unspecified atom stereocenters. The molecule has 0 atom stereocenters. The highest BCUT2D eigenvalue weighted by Crippen LogP contribution is 2.31. The van der Waals surface area contributed by atoms with Crippen LogP contribution in [0.2, 0.25) is 10.0 Å². The second kappa shape index (κ2) is 9.60. The lowest BCUT2D eigenvalue weighted by Gasteiger charge is -2.09. The van der Waals surface area contributed by atoms with Crippen molar-refractivity contribution in [1.82, 2.24) is 14.8 Å². The van der Waals surface area contributed by atoms with Crippen molar-refractivity contribution < 1.29 is 4.79 Å². The molecule has 5 nitrogen and oxygen atoms in total. The molecule has 0 saturated heterocycles. The van der Waals surface area contributed by atoms with Crippen molar-refractivity contribution in [3.63, 3.8) is 0 Å². The Morgan fingerprint density at radius 3 is 2.64 bits per heavy atom. The van der Waals surface area contributed by atoms with Gasteiger partial charge in [0.25, 0.3) is 0 Å². The second-order valence-electron chi connectivity index (χ2n) is 5.67. The molecular weight excluding hydrogens is 483 g/mol. The zero-order chi connectivity index (χ0) is 20.1. The van der Waals surface area contributed by atoms with Crippen molar-refractivity contribution in [2.75, 3.05) is 11.1 Å². The third kappa shape index (κ3) is 5.17. The molecule has 3 aromatic rings. The average Bonchev–Trinajstić information content (AvgIpc) is 3.05. The number of carbonyl (C=O) groups excluding carboxylic acids is 1. The Labute approximate surface area is 185 Å². The largest absolute Gasteiger partial charge is 0.325 e. The Kier molecular flexibility index (Phi) is 7.18. The molecule has 1 N–H and O–H groups in total. The van der Waals surface area contributed by atoms with Gasteiger partial charge in [-0.05, 0) is 42.5 Å². The number of hydrogen-bond donors (Lipinski definition) is 1. The maximum absolute atomic E-state index is 12.3. The summed E-state index contributed by atoms with van der Waals surface area (Å²) in [6.45, 7) is 4.27. The van der Waals surface area contributed by atoms with Crippen molar-refractivity contribution in [2.24, 2.45) is 0 Å². The van der Waals surface area contributed by atoms with Crippen molar-refractivity contribution in [3.8, 4) is 11.4 Å². The molecule has 2 aromatic carbocycles. The first-order valence-corrected chi connectivity index (χ1v) is 10.7. The molecule has 9 heteroatoms. The number of carbonyl (C=O) groups is 1. The normalized spacial score (nSPS) is 10.7. The van der Waals surface area contributed by atoms with Gasteiger partial charge in [0.15, 0.2) is 11.0 Å². The second-order valence-corrected chi connectivity index (χ2v) is 8.38. The first-order chi connectivity index (χ1) is 13.5. The predicted molar refractivity (Wildman–Crippen MR) is 119 cm³/mol. The Bertz CT molecular complexity index is 1010. The van der Waals surface area contributed by atoms with Gasteiger partial charge >= 0.3 is 0 Å². The lowest BCUT2D eigenvalue weighted by molar-refractivity contribution is -0.113. The summed E-state index contributed by atoms with van der Waals surface area (Å²) in [7, 11) is 0. The van der Waals surface area contributed by atoms with E-state index < -0.39 is 0 Å². The third-order valence-electron chi connectivity index (χ3n) is 3.66. The smallest absolute Gasteiger partial charge is 0.234 e. The number of hydrogen-bond acceptors (Lipinski definition) is 4. The zero-order valence-electron chi connectivity index (χ0n) is 14.5. The molecule has 0 aliphatic rings. The van der Waals surface area contributed by atoms with E-state index in [4.69, 9.17) is 23.2 Å². The molecule has 144 valence electrons. The number of halogens is 3. The molecule has 1 heterocycles. The lowest BCUT2D eigenvalue weighted by Crippen LogP contribution is -2.14. The van der Waals surface area contributed by atoms with Gasteiger partial charge in [0.2, 0.25) is 5.91 Å². The van der Waals surface area contributed by atoms with E-state index in [2.05, 4.69) is 38.0 Å². The van der Waals surface area contributed by atoms with Crippen molar-refractivity contribution in [2.45, 2.75) is 11.7 Å². The van der Waals surface area contributed by atoms with Crippen LogP contribution in [0.15, 0.2) is 64.7 Å². The van der Waals surface area contributed by atoms with Gasteiger partial charge in [0, 0.05) is 27.3 Å². The fourth-order valence-electron chi connectivity index (χ4n) is 2.42. The summed E-state index contributed by atoms with van der Waals surface area (Å²) in [5.41, 5.74) is 1.45. The molecule has 0 aliphatic heterocycles. The number of nitrogens with zero attached hydrogens (tertiary/aromatic N) is 3. The lowest BCUT2D eigenvalue weighted by atomic mass is 10.2. The monoisotopic (exact) mass is 496 g/mol. The van der Waals surface area contributed by atoms with Crippen LogP contribution in [0.1, 0.15) is 0 Å². The van der Waals surface area contributed by atoms with Crippen LogP contribution in [0.5, 0.6) is 0 Å². The number of benzene rings is 2. The number of allylic oxidation sites excluding steroid dienone is 1. The van der Waals surface area contributed by atoms with Gasteiger partial charge in [-0.3, -0.25) is 9.36 Å². The summed E-state index contributed by atoms with van der Waals surface area (Å²) in [5.74, 6) is 0.656. The molecule has 0 radical (unpaired) electrons. The van der Waals surface area contributed by atoms with Crippen LogP contribution in [0.4, 0.5) is 5.69 Å². The Hall–Kier alpha value is -1.80. The quantitative estimate of drug-likeness (QED) is 0.324. The number of nitrogens with one attached hydrogen (secondary N) is 1. The van der Waals surface area contributed by atoms with E-state index in [-0.39, 0.29) is 11.7 Å². The standard InChI is InChI=1S/C19H15BrCl2N4OS/c1-2-9-26-18(15-8-5-13(21)10-16(15)22)24-25-19(26)28-11-17(27)23-14-6-3-12(20)4-7-14/h2-8,10H,1,9,11H2,(H,23,27). The van der Waals surface area contributed by atoms with Crippen molar-refractivity contribution >= 4 is 62.5 Å². The summed E-state index contributed by atoms with van der Waals surface area (Å²) in [4.78, 5) is 12.3. The van der Waals surface area contributed by atoms with Crippen LogP contribution in [0.3, 0.4) is 0 Å². The van der Waals surface area contributed by atoms with E-state index >= 15 is 0 Å². The summed E-state index contributed by atoms with van der Waals surface area (Å²) < 4.78 is 2.81. The fourth-order valence-corrected chi connectivity index (χ4v) is 3.92. The number of rotatable bonds is 7. The number of anilines is 1. The van der Waals surface area contributed by atoms with E-state index in [1.807, 2.05) is 28.8 Å². The molecule has 3 rings (SSSR count). The summed E-state index contributed by atoms with van der Waals surface area (Å²) >= 11 is 16.9. The molecule has 28 heavy (non-hydrogen) atoms. The molecule has 0 aliphatic carbocycles.